The molecule has 0 amide bonds. The van der Waals surface area contributed by atoms with Gasteiger partial charge in [-0.3, -0.25) is 0 Å². The van der Waals surface area contributed by atoms with Gasteiger partial charge >= 0.3 is 0 Å². The van der Waals surface area contributed by atoms with Gasteiger partial charge in [0.15, 0.2) is 0 Å². The van der Waals surface area contributed by atoms with E-state index in [1.807, 2.05) is 28.9 Å². The first-order valence-corrected chi connectivity index (χ1v) is 5.72. The molecule has 3 heterocycles. The van der Waals surface area contributed by atoms with Crippen LogP contribution in [0.4, 0.5) is 0 Å². The van der Waals surface area contributed by atoms with E-state index in [0.717, 1.165) is 36.8 Å². The number of fused-ring (bicyclic) bond motifs is 1. The minimum atomic E-state index is 0.0506. The van der Waals surface area contributed by atoms with Crippen molar-refractivity contribution in [1.29, 1.82) is 0 Å². The Balaban J connectivity index is 1.95. The zero-order chi connectivity index (χ0) is 11.7. The number of aromatic nitrogens is 2. The first kappa shape index (κ1) is 10.6. The second kappa shape index (κ2) is 4.35. The molecule has 5 nitrogen and oxygen atoms in total. The largest absolute Gasteiger partial charge is 0.497 e. The molecule has 2 aromatic heterocycles. The molecule has 1 saturated heterocycles. The summed E-state index contributed by atoms with van der Waals surface area (Å²) in [6, 6.07) is 3.83. The normalized spacial score (nSPS) is 20.6. The monoisotopic (exact) mass is 233 g/mol. The number of morpholine rings is 1. The van der Waals surface area contributed by atoms with Crippen LogP contribution in [0.15, 0.2) is 24.5 Å². The fraction of sp³-hybridized carbons (Fsp3) is 0.417. The maximum atomic E-state index is 5.68. The molecule has 0 aliphatic carbocycles. The van der Waals surface area contributed by atoms with E-state index < -0.39 is 0 Å². The van der Waals surface area contributed by atoms with Crippen molar-refractivity contribution in [2.75, 3.05) is 26.8 Å². The van der Waals surface area contributed by atoms with Gasteiger partial charge in [0, 0.05) is 31.5 Å². The number of imidazole rings is 1. The highest BCUT2D eigenvalue weighted by Gasteiger charge is 2.18. The van der Waals surface area contributed by atoms with Crippen LogP contribution in [0.25, 0.3) is 5.65 Å². The van der Waals surface area contributed by atoms with Crippen LogP contribution in [0.2, 0.25) is 0 Å². The fourth-order valence-electron chi connectivity index (χ4n) is 2.02. The lowest BCUT2D eigenvalue weighted by Crippen LogP contribution is -2.33. The molecule has 90 valence electrons. The van der Waals surface area contributed by atoms with Crippen LogP contribution in [0.5, 0.6) is 5.75 Å². The topological polar surface area (TPSA) is 47.8 Å². The standard InChI is InChI=1S/C12H15N3O2/c1-16-9-2-4-15-8-10(14-12(15)6-9)11-7-13-3-5-17-11/h2,4,6,8,11,13H,3,5,7H2,1H3. The van der Waals surface area contributed by atoms with Crippen molar-refractivity contribution in [2.24, 2.45) is 0 Å². The van der Waals surface area contributed by atoms with Gasteiger partial charge in [0.25, 0.3) is 0 Å². The van der Waals surface area contributed by atoms with Crippen molar-refractivity contribution in [3.8, 4) is 5.75 Å². The molecular formula is C12H15N3O2. The molecule has 1 N–H and O–H groups in total. The smallest absolute Gasteiger partial charge is 0.140 e. The molecule has 1 aliphatic heterocycles. The number of ether oxygens (including phenoxy) is 2. The van der Waals surface area contributed by atoms with Crippen LogP contribution in [0.3, 0.4) is 0 Å². The Morgan fingerprint density at radius 2 is 2.53 bits per heavy atom. The lowest BCUT2D eigenvalue weighted by molar-refractivity contribution is 0.0253. The van der Waals surface area contributed by atoms with Crippen LogP contribution < -0.4 is 10.1 Å². The molecule has 0 spiro atoms. The van der Waals surface area contributed by atoms with Crippen molar-refractivity contribution >= 4 is 5.65 Å². The van der Waals surface area contributed by atoms with Crippen molar-refractivity contribution < 1.29 is 9.47 Å². The Morgan fingerprint density at radius 3 is 3.29 bits per heavy atom. The van der Waals surface area contributed by atoms with Gasteiger partial charge in [0.2, 0.25) is 0 Å². The molecule has 1 aliphatic rings. The SMILES string of the molecule is COc1ccn2cc(C3CNCCO3)nc2c1. The minimum Gasteiger partial charge on any atom is -0.497 e. The van der Waals surface area contributed by atoms with Crippen molar-refractivity contribution in [2.45, 2.75) is 6.10 Å². The quantitative estimate of drug-likeness (QED) is 0.840. The highest BCUT2D eigenvalue weighted by Crippen LogP contribution is 2.20. The number of rotatable bonds is 2. The molecule has 0 radical (unpaired) electrons. The van der Waals surface area contributed by atoms with Crippen LogP contribution in [0.1, 0.15) is 11.8 Å². The number of nitrogens with one attached hydrogen (secondary N) is 1. The summed E-state index contributed by atoms with van der Waals surface area (Å²) in [5, 5.41) is 3.30. The van der Waals surface area contributed by atoms with E-state index in [-0.39, 0.29) is 6.10 Å². The maximum absolute atomic E-state index is 5.68. The summed E-state index contributed by atoms with van der Waals surface area (Å²) in [6.45, 7) is 2.47. The van der Waals surface area contributed by atoms with Gasteiger partial charge in [-0.05, 0) is 6.07 Å². The van der Waals surface area contributed by atoms with Gasteiger partial charge in [0.05, 0.1) is 19.4 Å². The van der Waals surface area contributed by atoms with E-state index in [4.69, 9.17) is 9.47 Å². The first-order chi connectivity index (χ1) is 8.36. The predicted molar refractivity (Wildman–Crippen MR) is 63.3 cm³/mol. The third kappa shape index (κ3) is 1.99. The molecule has 1 unspecified atom stereocenters. The van der Waals surface area contributed by atoms with E-state index >= 15 is 0 Å². The van der Waals surface area contributed by atoms with Gasteiger partial charge in [-0.1, -0.05) is 0 Å². The number of pyridine rings is 1. The zero-order valence-corrected chi connectivity index (χ0v) is 9.72. The van der Waals surface area contributed by atoms with E-state index in [0.29, 0.717) is 0 Å². The molecule has 3 rings (SSSR count). The Hall–Kier alpha value is -1.59. The second-order valence-corrected chi connectivity index (χ2v) is 4.06. The number of methoxy groups -OCH3 is 1. The summed E-state index contributed by atoms with van der Waals surface area (Å²) < 4.78 is 12.8. The molecule has 2 aromatic rings. The summed E-state index contributed by atoms with van der Waals surface area (Å²) in [5.41, 5.74) is 1.85. The van der Waals surface area contributed by atoms with Gasteiger partial charge in [-0.15, -0.1) is 0 Å². The molecule has 0 saturated carbocycles. The van der Waals surface area contributed by atoms with Crippen LogP contribution >= 0.6 is 0 Å². The first-order valence-electron chi connectivity index (χ1n) is 5.72. The highest BCUT2D eigenvalue weighted by molar-refractivity contribution is 5.45. The highest BCUT2D eigenvalue weighted by atomic mass is 16.5. The summed E-state index contributed by atoms with van der Waals surface area (Å²) in [5.74, 6) is 0.817. The zero-order valence-electron chi connectivity index (χ0n) is 9.72. The number of nitrogens with zero attached hydrogens (tertiary/aromatic N) is 2. The third-order valence-electron chi connectivity index (χ3n) is 2.94. The van der Waals surface area contributed by atoms with Crippen LogP contribution in [0, 0.1) is 0 Å². The Bertz CT molecular complexity index is 517. The van der Waals surface area contributed by atoms with Gasteiger partial charge in [0.1, 0.15) is 17.5 Å². The van der Waals surface area contributed by atoms with Crippen molar-refractivity contribution in [3.05, 3.63) is 30.2 Å². The average Bonchev–Trinajstić information content (AvgIpc) is 2.82. The van der Waals surface area contributed by atoms with E-state index in [1.54, 1.807) is 7.11 Å². The van der Waals surface area contributed by atoms with E-state index in [1.165, 1.54) is 0 Å². The molecule has 5 heteroatoms. The Morgan fingerprint density at radius 1 is 1.59 bits per heavy atom. The molecule has 17 heavy (non-hydrogen) atoms. The molecule has 0 aromatic carbocycles. The summed E-state index contributed by atoms with van der Waals surface area (Å²) in [6.07, 6.45) is 4.00. The van der Waals surface area contributed by atoms with Crippen molar-refractivity contribution in [1.82, 2.24) is 14.7 Å². The maximum Gasteiger partial charge on any atom is 0.140 e. The average molecular weight is 233 g/mol. The van der Waals surface area contributed by atoms with Crippen LogP contribution in [-0.4, -0.2) is 36.2 Å². The molecular weight excluding hydrogens is 218 g/mol. The van der Waals surface area contributed by atoms with Gasteiger partial charge in [-0.25, -0.2) is 4.98 Å². The van der Waals surface area contributed by atoms with Gasteiger partial charge in [-0.2, -0.15) is 0 Å². The van der Waals surface area contributed by atoms with E-state index in [9.17, 15) is 0 Å². The Labute approximate surface area is 99.4 Å². The number of hydrogen-bond donors (Lipinski definition) is 1. The van der Waals surface area contributed by atoms with Crippen molar-refractivity contribution in [3.63, 3.8) is 0 Å². The minimum absolute atomic E-state index is 0.0506. The molecule has 0 bridgehead atoms. The van der Waals surface area contributed by atoms with Gasteiger partial charge < -0.3 is 19.2 Å². The van der Waals surface area contributed by atoms with E-state index in [2.05, 4.69) is 10.3 Å². The summed E-state index contributed by atoms with van der Waals surface area (Å²) >= 11 is 0. The second-order valence-electron chi connectivity index (χ2n) is 4.06. The fourth-order valence-corrected chi connectivity index (χ4v) is 2.02. The predicted octanol–water partition coefficient (Wildman–Crippen LogP) is 1.00. The molecule has 1 atom stereocenters. The number of hydrogen-bond acceptors (Lipinski definition) is 4. The summed E-state index contributed by atoms with van der Waals surface area (Å²) in [4.78, 5) is 4.56. The summed E-state index contributed by atoms with van der Waals surface area (Å²) in [7, 11) is 1.66. The van der Waals surface area contributed by atoms with Crippen LogP contribution in [-0.2, 0) is 4.74 Å². The molecule has 1 fully saturated rings. The third-order valence-corrected chi connectivity index (χ3v) is 2.94. The Kier molecular flexibility index (Phi) is 2.70. The lowest BCUT2D eigenvalue weighted by Gasteiger charge is -2.21. The lowest BCUT2D eigenvalue weighted by atomic mass is 10.2.